The molecular formula is C44H27NO2. The predicted molar refractivity (Wildman–Crippen MR) is 196 cm³/mol. The summed E-state index contributed by atoms with van der Waals surface area (Å²) in [7, 11) is 0. The third-order valence-electron chi connectivity index (χ3n) is 9.45. The van der Waals surface area contributed by atoms with Gasteiger partial charge in [-0.3, -0.25) is 0 Å². The lowest BCUT2D eigenvalue weighted by Crippen LogP contribution is -2.10. The molecule has 0 atom stereocenters. The van der Waals surface area contributed by atoms with E-state index in [1.54, 1.807) is 0 Å². The Morgan fingerprint density at radius 1 is 0.362 bits per heavy atom. The second-order valence-electron chi connectivity index (χ2n) is 12.1. The van der Waals surface area contributed by atoms with Crippen LogP contribution in [0.5, 0.6) is 0 Å². The first-order valence-electron chi connectivity index (χ1n) is 15.9. The highest BCUT2D eigenvalue weighted by molar-refractivity contribution is 6.24. The van der Waals surface area contributed by atoms with Crippen LogP contribution in [0, 0.1) is 0 Å². The maximum absolute atomic E-state index is 6.69. The number of hydrogen-bond donors (Lipinski definition) is 0. The molecule has 0 spiro atoms. The molecule has 10 rings (SSSR count). The highest BCUT2D eigenvalue weighted by atomic mass is 16.3. The van der Waals surface area contributed by atoms with Crippen molar-refractivity contribution in [2.24, 2.45) is 0 Å². The predicted octanol–water partition coefficient (Wildman–Crippen LogP) is 12.9. The standard InChI is InChI=1S/C44H27NO2/c1-2-9-28(10-3-1)29-17-20-32(21-18-29)45(39-16-8-13-30-11-4-6-14-34(30)39)33-22-24-38-41(27-33)46-40-26-25-37-36-23-19-31-12-5-7-15-35(31)43(36)47-44(37)42(38)40/h1-27H. The van der Waals surface area contributed by atoms with Crippen molar-refractivity contribution >= 4 is 82.5 Å². The van der Waals surface area contributed by atoms with Gasteiger partial charge in [0.05, 0.1) is 11.1 Å². The van der Waals surface area contributed by atoms with Crippen molar-refractivity contribution in [1.29, 1.82) is 0 Å². The van der Waals surface area contributed by atoms with Gasteiger partial charge < -0.3 is 13.7 Å². The normalized spacial score (nSPS) is 11.8. The molecular weight excluding hydrogens is 574 g/mol. The van der Waals surface area contributed by atoms with E-state index in [0.717, 1.165) is 66.3 Å². The Bertz CT molecular complexity index is 2780. The van der Waals surface area contributed by atoms with E-state index in [0.29, 0.717) is 0 Å². The molecule has 0 bridgehead atoms. The molecule has 2 aromatic heterocycles. The minimum atomic E-state index is 0.817. The van der Waals surface area contributed by atoms with Crippen LogP contribution in [0.3, 0.4) is 0 Å². The number of anilines is 3. The van der Waals surface area contributed by atoms with Gasteiger partial charge in [-0.1, -0.05) is 109 Å². The molecule has 0 fully saturated rings. The molecule has 0 N–H and O–H groups in total. The molecule has 3 heteroatoms. The van der Waals surface area contributed by atoms with Crippen molar-refractivity contribution in [1.82, 2.24) is 0 Å². The van der Waals surface area contributed by atoms with Gasteiger partial charge in [-0.05, 0) is 70.4 Å². The Labute approximate surface area is 270 Å². The fraction of sp³-hybridized carbons (Fsp3) is 0. The monoisotopic (exact) mass is 601 g/mol. The van der Waals surface area contributed by atoms with Crippen molar-refractivity contribution in [2.75, 3.05) is 4.90 Å². The zero-order chi connectivity index (χ0) is 30.9. The van der Waals surface area contributed by atoms with Crippen molar-refractivity contribution in [3.8, 4) is 11.1 Å². The first-order chi connectivity index (χ1) is 23.3. The second-order valence-corrected chi connectivity index (χ2v) is 12.1. The summed E-state index contributed by atoms with van der Waals surface area (Å²) in [6.45, 7) is 0. The first-order valence-corrected chi connectivity index (χ1v) is 15.9. The van der Waals surface area contributed by atoms with Crippen molar-refractivity contribution in [2.45, 2.75) is 0 Å². The Balaban J connectivity index is 1.18. The van der Waals surface area contributed by atoms with Gasteiger partial charge in [0.2, 0.25) is 0 Å². The zero-order valence-electron chi connectivity index (χ0n) is 25.4. The first kappa shape index (κ1) is 26.0. The quantitative estimate of drug-likeness (QED) is 0.201. The molecule has 2 heterocycles. The molecule has 47 heavy (non-hydrogen) atoms. The van der Waals surface area contributed by atoms with Crippen molar-refractivity contribution in [3.05, 3.63) is 164 Å². The van der Waals surface area contributed by atoms with Crippen LogP contribution in [-0.2, 0) is 0 Å². The smallest absolute Gasteiger partial charge is 0.147 e. The van der Waals surface area contributed by atoms with Gasteiger partial charge in [0.1, 0.15) is 22.3 Å². The lowest BCUT2D eigenvalue weighted by molar-refractivity contribution is 0.664. The zero-order valence-corrected chi connectivity index (χ0v) is 25.4. The highest BCUT2D eigenvalue weighted by Gasteiger charge is 2.20. The summed E-state index contributed by atoms with van der Waals surface area (Å²) in [4.78, 5) is 2.33. The molecule has 0 unspecified atom stereocenters. The Kier molecular flexibility index (Phi) is 5.57. The highest BCUT2D eigenvalue weighted by Crippen LogP contribution is 2.44. The van der Waals surface area contributed by atoms with Gasteiger partial charge in [-0.25, -0.2) is 0 Å². The van der Waals surface area contributed by atoms with E-state index in [-0.39, 0.29) is 0 Å². The SMILES string of the molecule is c1ccc(-c2ccc(N(c3ccc4c(c3)oc3ccc5c6ccc7ccccc7c6oc5c34)c3cccc4ccccc34)cc2)cc1. The molecule has 0 aliphatic heterocycles. The minimum absolute atomic E-state index is 0.817. The molecule has 0 amide bonds. The molecule has 0 saturated heterocycles. The number of fused-ring (bicyclic) bond motifs is 10. The summed E-state index contributed by atoms with van der Waals surface area (Å²) >= 11 is 0. The summed E-state index contributed by atoms with van der Waals surface area (Å²) < 4.78 is 13.3. The summed E-state index contributed by atoms with van der Waals surface area (Å²) in [6, 6.07) is 57.8. The minimum Gasteiger partial charge on any atom is -0.456 e. The van der Waals surface area contributed by atoms with Crippen LogP contribution < -0.4 is 4.90 Å². The number of furan rings is 2. The number of hydrogen-bond acceptors (Lipinski definition) is 3. The Morgan fingerprint density at radius 2 is 1.00 bits per heavy atom. The maximum atomic E-state index is 6.69. The molecule has 0 aliphatic rings. The van der Waals surface area contributed by atoms with E-state index >= 15 is 0 Å². The lowest BCUT2D eigenvalue weighted by atomic mass is 10.0. The number of nitrogens with zero attached hydrogens (tertiary/aromatic N) is 1. The van der Waals surface area contributed by atoms with E-state index in [9.17, 15) is 0 Å². The largest absolute Gasteiger partial charge is 0.456 e. The maximum Gasteiger partial charge on any atom is 0.147 e. The van der Waals surface area contributed by atoms with Crippen LogP contribution in [0.1, 0.15) is 0 Å². The number of benzene rings is 8. The molecule has 220 valence electrons. The summed E-state index contributed by atoms with van der Waals surface area (Å²) in [5.74, 6) is 0. The van der Waals surface area contributed by atoms with Gasteiger partial charge in [0, 0.05) is 44.4 Å². The van der Waals surface area contributed by atoms with Crippen molar-refractivity contribution in [3.63, 3.8) is 0 Å². The van der Waals surface area contributed by atoms with Gasteiger partial charge in [-0.2, -0.15) is 0 Å². The van der Waals surface area contributed by atoms with Crippen LogP contribution in [0.15, 0.2) is 173 Å². The van der Waals surface area contributed by atoms with Crippen molar-refractivity contribution < 1.29 is 8.83 Å². The third-order valence-corrected chi connectivity index (χ3v) is 9.45. The Hall–Kier alpha value is -6.32. The third kappa shape index (κ3) is 4.00. The van der Waals surface area contributed by atoms with E-state index in [4.69, 9.17) is 8.83 Å². The fourth-order valence-electron chi connectivity index (χ4n) is 7.21. The molecule has 10 aromatic rings. The van der Waals surface area contributed by atoms with Crippen LogP contribution in [0.25, 0.3) is 76.5 Å². The topological polar surface area (TPSA) is 29.5 Å². The fourth-order valence-corrected chi connectivity index (χ4v) is 7.21. The average molecular weight is 602 g/mol. The Morgan fingerprint density at radius 3 is 1.85 bits per heavy atom. The lowest BCUT2D eigenvalue weighted by Gasteiger charge is -2.27. The molecule has 8 aromatic carbocycles. The van der Waals surface area contributed by atoms with Gasteiger partial charge in [0.15, 0.2) is 0 Å². The van der Waals surface area contributed by atoms with E-state index < -0.39 is 0 Å². The van der Waals surface area contributed by atoms with Crippen LogP contribution in [0.2, 0.25) is 0 Å². The van der Waals surface area contributed by atoms with E-state index in [1.165, 1.54) is 27.3 Å². The second kappa shape index (κ2) is 10.1. The van der Waals surface area contributed by atoms with Gasteiger partial charge in [-0.15, -0.1) is 0 Å². The molecule has 0 radical (unpaired) electrons. The molecule has 0 saturated carbocycles. The summed E-state index contributed by atoms with van der Waals surface area (Å²) in [5.41, 5.74) is 9.00. The number of rotatable bonds is 4. The molecule has 3 nitrogen and oxygen atoms in total. The average Bonchev–Trinajstić information content (AvgIpc) is 3.71. The van der Waals surface area contributed by atoms with E-state index in [2.05, 4.69) is 169 Å². The van der Waals surface area contributed by atoms with Gasteiger partial charge >= 0.3 is 0 Å². The van der Waals surface area contributed by atoms with Gasteiger partial charge in [0.25, 0.3) is 0 Å². The van der Waals surface area contributed by atoms with Crippen LogP contribution in [0.4, 0.5) is 17.1 Å². The van der Waals surface area contributed by atoms with Crippen LogP contribution in [-0.4, -0.2) is 0 Å². The molecule has 0 aliphatic carbocycles. The summed E-state index contributed by atoms with van der Waals surface area (Å²) in [5, 5.41) is 8.93. The summed E-state index contributed by atoms with van der Waals surface area (Å²) in [6.07, 6.45) is 0. The van der Waals surface area contributed by atoms with Crippen LogP contribution >= 0.6 is 0 Å². The van der Waals surface area contributed by atoms with E-state index in [1.807, 2.05) is 0 Å².